The van der Waals surface area contributed by atoms with Crippen molar-refractivity contribution in [2.75, 3.05) is 30.3 Å². The van der Waals surface area contributed by atoms with E-state index in [-0.39, 0.29) is 18.2 Å². The molecule has 0 atom stereocenters. The van der Waals surface area contributed by atoms with Crippen LogP contribution in [0.1, 0.15) is 30.0 Å². The molecule has 8 heteroatoms. The molecule has 0 unspecified atom stereocenters. The molecule has 156 valence electrons. The fourth-order valence-electron chi connectivity index (χ4n) is 4.43. The summed E-state index contributed by atoms with van der Waals surface area (Å²) in [6.07, 6.45) is 8.17. The second kappa shape index (κ2) is 7.68. The number of halogens is 2. The number of benzene rings is 1. The van der Waals surface area contributed by atoms with Gasteiger partial charge in [-0.2, -0.15) is 5.10 Å². The zero-order chi connectivity index (χ0) is 20.7. The molecule has 0 saturated carbocycles. The van der Waals surface area contributed by atoms with Gasteiger partial charge in [-0.3, -0.25) is 4.68 Å². The van der Waals surface area contributed by atoms with Crippen LogP contribution in [0.25, 0.3) is 11.1 Å². The average Bonchev–Trinajstić information content (AvgIpc) is 3.27. The molecular weight excluding hydrogens is 386 g/mol. The number of fused-ring (bicyclic) bond motifs is 1. The molecular formula is C22H24F2N6. The van der Waals surface area contributed by atoms with Crippen LogP contribution in [0.5, 0.6) is 0 Å². The van der Waals surface area contributed by atoms with E-state index in [4.69, 9.17) is 5.73 Å². The summed E-state index contributed by atoms with van der Waals surface area (Å²) in [5.74, 6) is -0.358. The largest absolute Gasteiger partial charge is 0.382 e. The Bertz CT molecular complexity index is 1070. The zero-order valence-corrected chi connectivity index (χ0v) is 16.6. The van der Waals surface area contributed by atoms with Crippen LogP contribution in [0, 0.1) is 11.6 Å². The molecule has 1 saturated heterocycles. The third-order valence-corrected chi connectivity index (χ3v) is 6.15. The van der Waals surface area contributed by atoms with Gasteiger partial charge in [0.25, 0.3) is 0 Å². The minimum absolute atomic E-state index is 0.266. The Labute approximate surface area is 173 Å². The van der Waals surface area contributed by atoms with Crippen molar-refractivity contribution in [1.29, 1.82) is 0 Å². The molecule has 2 aromatic heterocycles. The highest BCUT2D eigenvalue weighted by molar-refractivity contribution is 5.73. The highest BCUT2D eigenvalue weighted by Gasteiger charge is 2.24. The molecule has 2 aliphatic rings. The lowest BCUT2D eigenvalue weighted by molar-refractivity contribution is 0.343. The number of nitrogen functional groups attached to an aromatic ring is 1. The second-order valence-electron chi connectivity index (χ2n) is 7.98. The van der Waals surface area contributed by atoms with Crippen LogP contribution in [0.4, 0.5) is 20.3 Å². The van der Waals surface area contributed by atoms with Gasteiger partial charge in [0.05, 0.1) is 17.9 Å². The molecule has 0 radical (unpaired) electrons. The average molecular weight is 410 g/mol. The highest BCUT2D eigenvalue weighted by atomic mass is 19.1. The van der Waals surface area contributed by atoms with Gasteiger partial charge in [0.2, 0.25) is 0 Å². The molecule has 4 heterocycles. The fourth-order valence-corrected chi connectivity index (χ4v) is 4.43. The number of hydrogen-bond donors (Lipinski definition) is 2. The number of nitrogens with two attached hydrogens (primary N) is 1. The number of aromatic nitrogens is 3. The SMILES string of the molecule is Nc1ncc(-c2cnn(C3CCNCC3)c2)cc1N1CCc2c(F)ccc(F)c2C1. The van der Waals surface area contributed by atoms with E-state index in [0.717, 1.165) is 42.7 Å². The molecule has 1 aromatic carbocycles. The first-order valence-electron chi connectivity index (χ1n) is 10.3. The Kier molecular flexibility index (Phi) is 4.86. The maximum Gasteiger partial charge on any atom is 0.147 e. The topological polar surface area (TPSA) is 72.0 Å². The number of nitrogens with one attached hydrogen (secondary N) is 1. The van der Waals surface area contributed by atoms with Gasteiger partial charge in [0.15, 0.2) is 0 Å². The van der Waals surface area contributed by atoms with E-state index in [1.165, 1.54) is 12.1 Å². The smallest absolute Gasteiger partial charge is 0.147 e. The summed E-state index contributed by atoms with van der Waals surface area (Å²) in [6.45, 7) is 2.82. The fraction of sp³-hybridized carbons (Fsp3) is 0.364. The monoisotopic (exact) mass is 410 g/mol. The molecule has 0 amide bonds. The third-order valence-electron chi connectivity index (χ3n) is 6.15. The van der Waals surface area contributed by atoms with Crippen LogP contribution in [-0.4, -0.2) is 34.4 Å². The van der Waals surface area contributed by atoms with Gasteiger partial charge < -0.3 is 16.0 Å². The molecule has 5 rings (SSSR count). The normalized spacial score (nSPS) is 17.2. The van der Waals surface area contributed by atoms with E-state index in [9.17, 15) is 8.78 Å². The van der Waals surface area contributed by atoms with Gasteiger partial charge in [-0.05, 0) is 56.1 Å². The number of hydrogen-bond acceptors (Lipinski definition) is 5. The molecule has 3 N–H and O–H groups in total. The van der Waals surface area contributed by atoms with E-state index in [1.54, 1.807) is 6.20 Å². The van der Waals surface area contributed by atoms with Crippen molar-refractivity contribution in [2.24, 2.45) is 0 Å². The first-order chi connectivity index (χ1) is 14.6. The summed E-state index contributed by atoms with van der Waals surface area (Å²) in [4.78, 5) is 6.34. The Morgan fingerprint density at radius 2 is 1.80 bits per heavy atom. The van der Waals surface area contributed by atoms with Gasteiger partial charge in [0, 0.05) is 42.2 Å². The van der Waals surface area contributed by atoms with Crippen molar-refractivity contribution in [3.05, 3.63) is 59.6 Å². The molecule has 30 heavy (non-hydrogen) atoms. The molecule has 2 aliphatic heterocycles. The number of pyridine rings is 1. The predicted octanol–water partition coefficient (Wildman–Crippen LogP) is 3.29. The van der Waals surface area contributed by atoms with Gasteiger partial charge in [-0.25, -0.2) is 13.8 Å². The van der Waals surface area contributed by atoms with Gasteiger partial charge >= 0.3 is 0 Å². The Morgan fingerprint density at radius 1 is 1.03 bits per heavy atom. The van der Waals surface area contributed by atoms with Crippen molar-refractivity contribution >= 4 is 11.5 Å². The van der Waals surface area contributed by atoms with Crippen LogP contribution >= 0.6 is 0 Å². The molecule has 0 spiro atoms. The minimum atomic E-state index is -0.387. The van der Waals surface area contributed by atoms with Crippen molar-refractivity contribution < 1.29 is 8.78 Å². The van der Waals surface area contributed by atoms with Crippen LogP contribution in [0.3, 0.4) is 0 Å². The van der Waals surface area contributed by atoms with Crippen molar-refractivity contribution in [2.45, 2.75) is 31.8 Å². The maximum atomic E-state index is 14.3. The van der Waals surface area contributed by atoms with Crippen molar-refractivity contribution in [3.63, 3.8) is 0 Å². The number of anilines is 2. The summed E-state index contributed by atoms with van der Waals surface area (Å²) in [5.41, 5.74) is 9.62. The summed E-state index contributed by atoms with van der Waals surface area (Å²) in [7, 11) is 0. The third kappa shape index (κ3) is 3.41. The van der Waals surface area contributed by atoms with Crippen LogP contribution in [-0.2, 0) is 13.0 Å². The van der Waals surface area contributed by atoms with E-state index in [1.807, 2.05) is 28.0 Å². The van der Waals surface area contributed by atoms with Crippen LogP contribution in [0.2, 0.25) is 0 Å². The molecule has 0 bridgehead atoms. The van der Waals surface area contributed by atoms with Crippen molar-refractivity contribution in [3.8, 4) is 11.1 Å². The van der Waals surface area contributed by atoms with E-state index < -0.39 is 0 Å². The highest BCUT2D eigenvalue weighted by Crippen LogP contribution is 2.33. The summed E-state index contributed by atoms with van der Waals surface area (Å²) < 4.78 is 30.4. The molecule has 1 fully saturated rings. The van der Waals surface area contributed by atoms with E-state index in [0.29, 0.717) is 36.0 Å². The zero-order valence-electron chi connectivity index (χ0n) is 16.6. The number of rotatable bonds is 3. The first kappa shape index (κ1) is 19.0. The van der Waals surface area contributed by atoms with Gasteiger partial charge in [0.1, 0.15) is 17.5 Å². The lowest BCUT2D eigenvalue weighted by atomic mass is 9.98. The number of piperidine rings is 1. The quantitative estimate of drug-likeness (QED) is 0.693. The minimum Gasteiger partial charge on any atom is -0.382 e. The maximum absolute atomic E-state index is 14.3. The van der Waals surface area contributed by atoms with Gasteiger partial charge in [-0.15, -0.1) is 0 Å². The number of nitrogens with zero attached hydrogens (tertiary/aromatic N) is 4. The second-order valence-corrected chi connectivity index (χ2v) is 7.98. The Morgan fingerprint density at radius 3 is 2.60 bits per heavy atom. The predicted molar refractivity (Wildman–Crippen MR) is 112 cm³/mol. The lowest BCUT2D eigenvalue weighted by Crippen LogP contribution is -2.32. The summed E-state index contributed by atoms with van der Waals surface area (Å²) >= 11 is 0. The Balaban J connectivity index is 1.43. The molecule has 6 nitrogen and oxygen atoms in total. The van der Waals surface area contributed by atoms with Crippen LogP contribution < -0.4 is 16.0 Å². The standard InChI is InChI=1S/C22H24F2N6/c23-19-1-2-20(24)18-13-29(8-5-17(18)19)21-9-14(10-27-22(21)25)15-11-28-30(12-15)16-3-6-26-7-4-16/h1-2,9-12,16,26H,3-8,13H2,(H2,25,27). The van der Waals surface area contributed by atoms with Crippen molar-refractivity contribution in [1.82, 2.24) is 20.1 Å². The Hall–Kier alpha value is -3.00. The van der Waals surface area contributed by atoms with E-state index in [2.05, 4.69) is 15.4 Å². The molecule has 0 aliphatic carbocycles. The first-order valence-corrected chi connectivity index (χ1v) is 10.3. The van der Waals surface area contributed by atoms with E-state index >= 15 is 0 Å². The molecule has 3 aromatic rings. The lowest BCUT2D eigenvalue weighted by Gasteiger charge is -2.31. The van der Waals surface area contributed by atoms with Crippen LogP contribution in [0.15, 0.2) is 36.8 Å². The summed E-state index contributed by atoms with van der Waals surface area (Å²) in [6, 6.07) is 4.75. The van der Waals surface area contributed by atoms with Gasteiger partial charge in [-0.1, -0.05) is 0 Å². The summed E-state index contributed by atoms with van der Waals surface area (Å²) in [5, 5.41) is 7.92.